The Morgan fingerprint density at radius 1 is 1.29 bits per heavy atom. The Morgan fingerprint density at radius 3 is 2.50 bits per heavy atom. The topological polar surface area (TPSA) is 66.5 Å². The molecule has 1 aromatic carbocycles. The van der Waals surface area contributed by atoms with Gasteiger partial charge in [-0.2, -0.15) is 4.31 Å². The minimum absolute atomic E-state index is 0.0492. The lowest BCUT2D eigenvalue weighted by molar-refractivity contribution is -0.126. The molecule has 1 atom stereocenters. The van der Waals surface area contributed by atoms with Crippen molar-refractivity contribution in [1.29, 1.82) is 0 Å². The van der Waals surface area contributed by atoms with E-state index >= 15 is 0 Å². The Balaban J connectivity index is 2.06. The summed E-state index contributed by atoms with van der Waals surface area (Å²) in [5, 5.41) is 2.99. The smallest absolute Gasteiger partial charge is 0.243 e. The highest BCUT2D eigenvalue weighted by molar-refractivity contribution is 7.89. The van der Waals surface area contributed by atoms with E-state index in [0.717, 1.165) is 17.5 Å². The third-order valence-corrected chi connectivity index (χ3v) is 6.83. The van der Waals surface area contributed by atoms with Crippen LogP contribution in [-0.4, -0.2) is 37.8 Å². The van der Waals surface area contributed by atoms with Crippen LogP contribution in [0.4, 0.5) is 0 Å². The van der Waals surface area contributed by atoms with Crippen LogP contribution in [0.15, 0.2) is 23.1 Å². The highest BCUT2D eigenvalue weighted by atomic mass is 32.2. The van der Waals surface area contributed by atoms with Crippen LogP contribution in [0.3, 0.4) is 0 Å². The van der Waals surface area contributed by atoms with E-state index in [0.29, 0.717) is 30.8 Å². The van der Waals surface area contributed by atoms with Crippen molar-refractivity contribution in [3.8, 4) is 0 Å². The fraction of sp³-hybridized carbons (Fsp3) is 0.611. The van der Waals surface area contributed by atoms with E-state index in [1.165, 1.54) is 4.31 Å². The lowest BCUT2D eigenvalue weighted by Gasteiger charge is -2.31. The molecule has 5 nitrogen and oxygen atoms in total. The first-order valence-corrected chi connectivity index (χ1v) is 10.1. The van der Waals surface area contributed by atoms with Crippen LogP contribution in [-0.2, 0) is 14.8 Å². The standard InChI is InChI=1S/C18H28N2O3S/c1-5-15(4)19-18(21)16-8-10-20(11-9-16)24(22,23)17-12-13(2)6-7-14(17)3/h6-7,12,15-16H,5,8-11H2,1-4H3,(H,19,21)/t15-/m0/s1. The van der Waals surface area contributed by atoms with Crippen molar-refractivity contribution in [3.05, 3.63) is 29.3 Å². The molecule has 0 saturated carbocycles. The third-order valence-electron chi connectivity index (χ3n) is 4.79. The zero-order valence-corrected chi connectivity index (χ0v) is 15.8. The SMILES string of the molecule is CC[C@H](C)NC(=O)C1CCN(S(=O)(=O)c2cc(C)ccc2C)CC1. The zero-order valence-electron chi connectivity index (χ0n) is 15.0. The summed E-state index contributed by atoms with van der Waals surface area (Å²) >= 11 is 0. The van der Waals surface area contributed by atoms with Crippen molar-refractivity contribution in [3.63, 3.8) is 0 Å². The van der Waals surface area contributed by atoms with E-state index in [-0.39, 0.29) is 17.9 Å². The molecular weight excluding hydrogens is 324 g/mol. The number of hydrogen-bond donors (Lipinski definition) is 1. The number of sulfonamides is 1. The van der Waals surface area contributed by atoms with Crippen molar-refractivity contribution >= 4 is 15.9 Å². The molecule has 1 aromatic rings. The second-order valence-corrected chi connectivity index (χ2v) is 8.67. The normalized spacial score (nSPS) is 18.3. The molecule has 24 heavy (non-hydrogen) atoms. The van der Waals surface area contributed by atoms with Crippen molar-refractivity contribution < 1.29 is 13.2 Å². The fourth-order valence-electron chi connectivity index (χ4n) is 2.95. The monoisotopic (exact) mass is 352 g/mol. The number of amides is 1. The first-order chi connectivity index (χ1) is 11.3. The van der Waals surface area contributed by atoms with Gasteiger partial charge in [0, 0.05) is 25.0 Å². The molecule has 0 bridgehead atoms. The van der Waals surface area contributed by atoms with Gasteiger partial charge in [0.15, 0.2) is 0 Å². The van der Waals surface area contributed by atoms with Gasteiger partial charge in [0.05, 0.1) is 4.90 Å². The number of hydrogen-bond acceptors (Lipinski definition) is 3. The van der Waals surface area contributed by atoms with Gasteiger partial charge in [-0.3, -0.25) is 4.79 Å². The van der Waals surface area contributed by atoms with E-state index in [1.54, 1.807) is 6.07 Å². The Morgan fingerprint density at radius 2 is 1.92 bits per heavy atom. The summed E-state index contributed by atoms with van der Waals surface area (Å²) in [5.41, 5.74) is 1.69. The van der Waals surface area contributed by atoms with Crippen LogP contribution in [0.5, 0.6) is 0 Å². The number of rotatable bonds is 5. The number of nitrogens with one attached hydrogen (secondary N) is 1. The van der Waals surface area contributed by atoms with Crippen LogP contribution in [0.25, 0.3) is 0 Å². The van der Waals surface area contributed by atoms with Crippen molar-refractivity contribution in [2.24, 2.45) is 5.92 Å². The summed E-state index contributed by atoms with van der Waals surface area (Å²) in [5.74, 6) is -0.0443. The summed E-state index contributed by atoms with van der Waals surface area (Å²) in [6.07, 6.45) is 2.05. The van der Waals surface area contributed by atoms with Gasteiger partial charge < -0.3 is 5.32 Å². The third kappa shape index (κ3) is 4.16. The molecule has 0 unspecified atom stereocenters. The van der Waals surface area contributed by atoms with Crippen molar-refractivity contribution in [2.75, 3.05) is 13.1 Å². The molecule has 0 aliphatic carbocycles. The number of benzene rings is 1. The number of carbonyl (C=O) groups excluding carboxylic acids is 1. The molecule has 134 valence electrons. The lowest BCUT2D eigenvalue weighted by Crippen LogP contribution is -2.44. The van der Waals surface area contributed by atoms with E-state index in [2.05, 4.69) is 5.32 Å². The first-order valence-electron chi connectivity index (χ1n) is 8.63. The quantitative estimate of drug-likeness (QED) is 0.886. The molecule has 1 aliphatic heterocycles. The maximum atomic E-state index is 12.9. The van der Waals surface area contributed by atoms with E-state index < -0.39 is 10.0 Å². The van der Waals surface area contributed by atoms with E-state index in [1.807, 2.05) is 39.8 Å². The molecule has 6 heteroatoms. The highest BCUT2D eigenvalue weighted by Gasteiger charge is 2.33. The largest absolute Gasteiger partial charge is 0.353 e. The van der Waals surface area contributed by atoms with Crippen LogP contribution in [0.2, 0.25) is 0 Å². The molecular formula is C18H28N2O3S. The Hall–Kier alpha value is -1.40. The second kappa shape index (κ2) is 7.66. The molecule has 1 heterocycles. The number of piperidine rings is 1. The molecule has 1 amide bonds. The van der Waals surface area contributed by atoms with Gasteiger partial charge in [-0.1, -0.05) is 19.1 Å². The highest BCUT2D eigenvalue weighted by Crippen LogP contribution is 2.26. The van der Waals surface area contributed by atoms with Crippen LogP contribution < -0.4 is 5.32 Å². The minimum atomic E-state index is -3.49. The number of carbonyl (C=O) groups is 1. The number of aryl methyl sites for hydroxylation is 2. The molecule has 0 aromatic heterocycles. The summed E-state index contributed by atoms with van der Waals surface area (Å²) in [7, 11) is -3.49. The lowest BCUT2D eigenvalue weighted by atomic mass is 9.97. The van der Waals surface area contributed by atoms with Gasteiger partial charge in [0.2, 0.25) is 15.9 Å². The second-order valence-electron chi connectivity index (χ2n) is 6.77. The van der Waals surface area contributed by atoms with Gasteiger partial charge in [-0.05, 0) is 57.2 Å². The van der Waals surface area contributed by atoms with Crippen LogP contribution in [0.1, 0.15) is 44.2 Å². The van der Waals surface area contributed by atoms with Gasteiger partial charge in [0.25, 0.3) is 0 Å². The maximum absolute atomic E-state index is 12.9. The van der Waals surface area contributed by atoms with Gasteiger partial charge in [-0.15, -0.1) is 0 Å². The average Bonchev–Trinajstić information content (AvgIpc) is 2.56. The Kier molecular flexibility index (Phi) is 6.04. The summed E-state index contributed by atoms with van der Waals surface area (Å²) in [4.78, 5) is 12.6. The predicted octanol–water partition coefficient (Wildman–Crippen LogP) is 2.62. The Bertz CT molecular complexity index is 692. The summed E-state index contributed by atoms with van der Waals surface area (Å²) in [6, 6.07) is 5.65. The van der Waals surface area contributed by atoms with Crippen LogP contribution in [0, 0.1) is 19.8 Å². The van der Waals surface area contributed by atoms with Crippen molar-refractivity contribution in [1.82, 2.24) is 9.62 Å². The number of nitrogens with zero attached hydrogens (tertiary/aromatic N) is 1. The molecule has 0 radical (unpaired) electrons. The first kappa shape index (κ1) is 18.9. The molecule has 1 saturated heterocycles. The van der Waals surface area contributed by atoms with Gasteiger partial charge in [-0.25, -0.2) is 8.42 Å². The minimum Gasteiger partial charge on any atom is -0.353 e. The predicted molar refractivity (Wildman–Crippen MR) is 95.3 cm³/mol. The van der Waals surface area contributed by atoms with Crippen LogP contribution >= 0.6 is 0 Å². The summed E-state index contributed by atoms with van der Waals surface area (Å²) < 4.78 is 27.3. The molecule has 1 N–H and O–H groups in total. The average molecular weight is 353 g/mol. The van der Waals surface area contributed by atoms with Gasteiger partial charge in [0.1, 0.15) is 0 Å². The van der Waals surface area contributed by atoms with E-state index in [9.17, 15) is 13.2 Å². The van der Waals surface area contributed by atoms with E-state index in [4.69, 9.17) is 0 Å². The summed E-state index contributed by atoms with van der Waals surface area (Å²) in [6.45, 7) is 8.52. The molecule has 0 spiro atoms. The Labute approximate surface area is 145 Å². The van der Waals surface area contributed by atoms with Gasteiger partial charge >= 0.3 is 0 Å². The molecule has 1 fully saturated rings. The zero-order chi connectivity index (χ0) is 17.9. The molecule has 1 aliphatic rings. The van der Waals surface area contributed by atoms with Crippen molar-refractivity contribution in [2.45, 2.75) is 57.9 Å². The maximum Gasteiger partial charge on any atom is 0.243 e. The molecule has 2 rings (SSSR count). The fourth-order valence-corrected chi connectivity index (χ4v) is 4.72.